The fourth-order valence-electron chi connectivity index (χ4n) is 3.28. The molecule has 1 fully saturated rings. The summed E-state index contributed by atoms with van der Waals surface area (Å²) in [5.41, 5.74) is 2.27. The first kappa shape index (κ1) is 19.5. The number of benzene rings is 2. The topological polar surface area (TPSA) is 99.0 Å². The van der Waals surface area contributed by atoms with Crippen LogP contribution in [0.1, 0.15) is 34.0 Å². The van der Waals surface area contributed by atoms with Gasteiger partial charge in [-0.25, -0.2) is 0 Å². The van der Waals surface area contributed by atoms with Crippen molar-refractivity contribution >= 4 is 5.91 Å². The van der Waals surface area contributed by atoms with Gasteiger partial charge in [0.15, 0.2) is 0 Å². The Morgan fingerprint density at radius 1 is 1.07 bits per heavy atom. The van der Waals surface area contributed by atoms with Gasteiger partial charge in [-0.15, -0.1) is 0 Å². The van der Waals surface area contributed by atoms with Crippen molar-refractivity contribution in [1.82, 2.24) is 5.32 Å². The number of hydrogen-bond donors (Lipinski definition) is 4. The summed E-state index contributed by atoms with van der Waals surface area (Å²) in [6.45, 7) is 0.193. The SMILES string of the molecule is O=C(NCCc1ccccc1)c1cccc(C2O[C@H](CO)C(O)C[C@@H]2O)c1. The zero-order chi connectivity index (χ0) is 19.2. The van der Waals surface area contributed by atoms with Crippen molar-refractivity contribution < 1.29 is 24.9 Å². The molecule has 2 aromatic rings. The van der Waals surface area contributed by atoms with E-state index in [0.29, 0.717) is 17.7 Å². The predicted octanol–water partition coefficient (Wildman–Crippen LogP) is 1.20. The molecule has 1 aliphatic rings. The van der Waals surface area contributed by atoms with Crippen LogP contribution < -0.4 is 5.32 Å². The molecule has 0 radical (unpaired) electrons. The van der Waals surface area contributed by atoms with Gasteiger partial charge in [-0.3, -0.25) is 4.79 Å². The largest absolute Gasteiger partial charge is 0.394 e. The Morgan fingerprint density at radius 3 is 2.59 bits per heavy atom. The van der Waals surface area contributed by atoms with Crippen molar-refractivity contribution in [1.29, 1.82) is 0 Å². The molecule has 0 saturated carbocycles. The van der Waals surface area contributed by atoms with E-state index in [1.807, 2.05) is 30.3 Å². The number of nitrogens with one attached hydrogen (secondary N) is 1. The van der Waals surface area contributed by atoms with Crippen LogP contribution in [0.25, 0.3) is 0 Å². The molecular formula is C21H25NO5. The molecule has 0 spiro atoms. The van der Waals surface area contributed by atoms with Gasteiger partial charge in [0.2, 0.25) is 0 Å². The number of carbonyl (C=O) groups is 1. The molecule has 3 rings (SSSR count). The second-order valence-electron chi connectivity index (χ2n) is 6.77. The third kappa shape index (κ3) is 4.93. The smallest absolute Gasteiger partial charge is 0.251 e. The van der Waals surface area contributed by atoms with Crippen LogP contribution in [-0.4, -0.2) is 52.7 Å². The highest BCUT2D eigenvalue weighted by Gasteiger charge is 2.36. The fraction of sp³-hybridized carbons (Fsp3) is 0.381. The van der Waals surface area contributed by atoms with Crippen LogP contribution in [0.3, 0.4) is 0 Å². The van der Waals surface area contributed by atoms with Gasteiger partial charge in [0.05, 0.1) is 18.8 Å². The van der Waals surface area contributed by atoms with Crippen molar-refractivity contribution in [2.45, 2.75) is 37.3 Å². The van der Waals surface area contributed by atoms with Crippen LogP contribution >= 0.6 is 0 Å². The lowest BCUT2D eigenvalue weighted by molar-refractivity contribution is -0.181. The summed E-state index contributed by atoms with van der Waals surface area (Å²) < 4.78 is 5.64. The first-order valence-electron chi connectivity index (χ1n) is 9.13. The van der Waals surface area contributed by atoms with Gasteiger partial charge in [0.25, 0.3) is 5.91 Å². The minimum absolute atomic E-state index is 0.114. The van der Waals surface area contributed by atoms with E-state index in [0.717, 1.165) is 12.0 Å². The normalized spacial score (nSPS) is 25.1. The lowest BCUT2D eigenvalue weighted by Gasteiger charge is -2.36. The summed E-state index contributed by atoms with van der Waals surface area (Å²) >= 11 is 0. The fourth-order valence-corrected chi connectivity index (χ4v) is 3.28. The van der Waals surface area contributed by atoms with Gasteiger partial charge < -0.3 is 25.4 Å². The van der Waals surface area contributed by atoms with Crippen molar-refractivity contribution in [2.24, 2.45) is 0 Å². The van der Waals surface area contributed by atoms with E-state index >= 15 is 0 Å². The molecule has 1 aliphatic heterocycles. The molecule has 0 bridgehead atoms. The maximum absolute atomic E-state index is 12.4. The highest BCUT2D eigenvalue weighted by atomic mass is 16.5. The molecule has 6 nitrogen and oxygen atoms in total. The van der Waals surface area contributed by atoms with Crippen molar-refractivity contribution in [3.05, 3.63) is 71.3 Å². The molecule has 27 heavy (non-hydrogen) atoms. The number of amides is 1. The zero-order valence-electron chi connectivity index (χ0n) is 15.0. The van der Waals surface area contributed by atoms with Crippen LogP contribution in [-0.2, 0) is 11.2 Å². The molecule has 2 aromatic carbocycles. The van der Waals surface area contributed by atoms with Gasteiger partial charge in [-0.1, -0.05) is 42.5 Å². The van der Waals surface area contributed by atoms with Crippen LogP contribution in [0.2, 0.25) is 0 Å². The molecule has 1 saturated heterocycles. The zero-order valence-corrected chi connectivity index (χ0v) is 15.0. The van der Waals surface area contributed by atoms with Gasteiger partial charge >= 0.3 is 0 Å². The molecule has 2 unspecified atom stereocenters. The minimum Gasteiger partial charge on any atom is -0.394 e. The van der Waals surface area contributed by atoms with Crippen molar-refractivity contribution in [3.8, 4) is 0 Å². The molecule has 6 heteroatoms. The summed E-state index contributed by atoms with van der Waals surface area (Å²) in [5.74, 6) is -0.197. The van der Waals surface area contributed by atoms with Crippen LogP contribution in [0.4, 0.5) is 0 Å². The molecule has 0 aliphatic carbocycles. The van der Waals surface area contributed by atoms with Gasteiger partial charge in [-0.2, -0.15) is 0 Å². The number of aliphatic hydroxyl groups excluding tert-OH is 3. The van der Waals surface area contributed by atoms with E-state index in [-0.39, 0.29) is 18.9 Å². The Hall–Kier alpha value is -2.25. The lowest BCUT2D eigenvalue weighted by atomic mass is 9.93. The summed E-state index contributed by atoms with van der Waals surface area (Å²) in [5, 5.41) is 32.3. The van der Waals surface area contributed by atoms with Gasteiger partial charge in [-0.05, 0) is 29.7 Å². The van der Waals surface area contributed by atoms with E-state index in [2.05, 4.69) is 5.32 Å². The van der Waals surface area contributed by atoms with E-state index in [4.69, 9.17) is 4.74 Å². The summed E-state index contributed by atoms with van der Waals surface area (Å²) in [6.07, 6.45) is -2.40. The van der Waals surface area contributed by atoms with E-state index < -0.39 is 24.4 Å². The molecule has 4 N–H and O–H groups in total. The average Bonchev–Trinajstić information content (AvgIpc) is 2.69. The molecule has 4 atom stereocenters. The highest BCUT2D eigenvalue weighted by molar-refractivity contribution is 5.94. The number of ether oxygens (including phenoxy) is 1. The molecular weight excluding hydrogens is 346 g/mol. The molecule has 1 amide bonds. The Morgan fingerprint density at radius 2 is 1.85 bits per heavy atom. The number of aliphatic hydroxyl groups is 3. The van der Waals surface area contributed by atoms with Crippen LogP contribution in [0.5, 0.6) is 0 Å². The lowest BCUT2D eigenvalue weighted by Crippen LogP contribution is -2.44. The quantitative estimate of drug-likeness (QED) is 0.612. The second kappa shape index (κ2) is 9.10. The van der Waals surface area contributed by atoms with E-state index in [1.54, 1.807) is 24.3 Å². The first-order chi connectivity index (χ1) is 13.1. The Labute approximate surface area is 158 Å². The van der Waals surface area contributed by atoms with Gasteiger partial charge in [0.1, 0.15) is 12.2 Å². The Bertz CT molecular complexity index is 751. The Balaban J connectivity index is 1.63. The summed E-state index contributed by atoms with van der Waals surface area (Å²) in [4.78, 5) is 12.4. The van der Waals surface area contributed by atoms with Gasteiger partial charge in [0, 0.05) is 18.5 Å². The predicted molar refractivity (Wildman–Crippen MR) is 100 cm³/mol. The van der Waals surface area contributed by atoms with Crippen LogP contribution in [0, 0.1) is 0 Å². The molecule has 0 aromatic heterocycles. The molecule has 144 valence electrons. The monoisotopic (exact) mass is 371 g/mol. The number of rotatable bonds is 6. The van der Waals surface area contributed by atoms with Crippen LogP contribution in [0.15, 0.2) is 54.6 Å². The first-order valence-corrected chi connectivity index (χ1v) is 9.13. The maximum atomic E-state index is 12.4. The number of carbonyl (C=O) groups excluding carboxylic acids is 1. The van der Waals surface area contributed by atoms with E-state index in [1.165, 1.54) is 0 Å². The summed E-state index contributed by atoms with van der Waals surface area (Å²) in [7, 11) is 0. The maximum Gasteiger partial charge on any atom is 0.251 e. The third-order valence-electron chi connectivity index (χ3n) is 4.78. The summed E-state index contributed by atoms with van der Waals surface area (Å²) in [6, 6.07) is 16.8. The average molecular weight is 371 g/mol. The number of hydrogen-bond acceptors (Lipinski definition) is 5. The standard InChI is InChI=1S/C21H25NO5/c23-13-19-17(24)12-18(25)20(27-19)15-7-4-8-16(11-15)21(26)22-10-9-14-5-2-1-3-6-14/h1-8,11,17-20,23-25H,9-10,12-13H2,(H,22,26)/t17?,18-,19+,20?/m0/s1. The van der Waals surface area contributed by atoms with Crippen molar-refractivity contribution in [2.75, 3.05) is 13.2 Å². The highest BCUT2D eigenvalue weighted by Crippen LogP contribution is 2.32. The Kier molecular flexibility index (Phi) is 6.58. The second-order valence-corrected chi connectivity index (χ2v) is 6.77. The molecule has 1 heterocycles. The van der Waals surface area contributed by atoms with E-state index in [9.17, 15) is 20.1 Å². The minimum atomic E-state index is -0.911. The third-order valence-corrected chi connectivity index (χ3v) is 4.78. The van der Waals surface area contributed by atoms with Crippen molar-refractivity contribution in [3.63, 3.8) is 0 Å².